The third-order valence-electron chi connectivity index (χ3n) is 1.25. The van der Waals surface area contributed by atoms with Crippen LogP contribution in [0.25, 0.3) is 0 Å². The van der Waals surface area contributed by atoms with Gasteiger partial charge in [-0.05, 0) is 12.2 Å². The molecule has 0 amide bonds. The second kappa shape index (κ2) is 4.59. The fourth-order valence-electron chi connectivity index (χ4n) is 0.624. The molecule has 0 bridgehead atoms. The fourth-order valence-corrected chi connectivity index (χ4v) is 5.55. The van der Waals surface area contributed by atoms with Crippen molar-refractivity contribution >= 4 is 56.7 Å². The molecule has 0 aliphatic carbocycles. The van der Waals surface area contributed by atoms with E-state index in [0.29, 0.717) is 4.58 Å². The zero-order chi connectivity index (χ0) is 6.69. The lowest BCUT2D eigenvalue weighted by atomic mass is 10.3. The van der Waals surface area contributed by atoms with E-state index < -0.39 is 0 Å². The van der Waals surface area contributed by atoms with Crippen molar-refractivity contribution in [3.05, 3.63) is 0 Å². The van der Waals surface area contributed by atoms with E-state index in [4.69, 9.17) is 0 Å². The predicted molar refractivity (Wildman–Crippen MR) is 57.8 cm³/mol. The quantitative estimate of drug-likeness (QED) is 0.423. The van der Waals surface area contributed by atoms with E-state index in [0.717, 1.165) is 5.25 Å². The first-order valence-corrected chi connectivity index (χ1v) is 7.52. The Morgan fingerprint density at radius 1 is 1.44 bits per heavy atom. The minimum atomic E-state index is 0.579. The SMILES string of the molecule is SSC(SS)C1CCS1. The number of thioether (sulfide) groups is 1. The van der Waals surface area contributed by atoms with Gasteiger partial charge in [-0.2, -0.15) is 11.8 Å². The van der Waals surface area contributed by atoms with Gasteiger partial charge in [-0.3, -0.25) is 0 Å². The Labute approximate surface area is 78.3 Å². The van der Waals surface area contributed by atoms with E-state index >= 15 is 0 Å². The average Bonchev–Trinajstić information content (AvgIpc) is 1.78. The molecule has 9 heavy (non-hydrogen) atoms. The van der Waals surface area contributed by atoms with Crippen molar-refractivity contribution in [2.45, 2.75) is 16.3 Å². The van der Waals surface area contributed by atoms with E-state index in [1.165, 1.54) is 12.2 Å². The molecular weight excluding hydrogens is 208 g/mol. The van der Waals surface area contributed by atoms with Crippen LogP contribution in [-0.2, 0) is 0 Å². The Kier molecular flexibility index (Phi) is 4.51. The van der Waals surface area contributed by atoms with Crippen LogP contribution in [-0.4, -0.2) is 15.6 Å². The zero-order valence-electron chi connectivity index (χ0n) is 4.69. The first kappa shape index (κ1) is 8.84. The molecule has 5 heteroatoms. The third-order valence-corrected chi connectivity index (χ3v) is 6.87. The van der Waals surface area contributed by atoms with Gasteiger partial charge in [0.05, 0.1) is 4.58 Å². The highest BCUT2D eigenvalue weighted by molar-refractivity contribution is 8.78. The summed E-state index contributed by atoms with van der Waals surface area (Å²) in [5.41, 5.74) is 0. The first-order chi connectivity index (χ1) is 4.38. The van der Waals surface area contributed by atoms with Crippen LogP contribution in [0.2, 0.25) is 0 Å². The molecule has 1 rings (SSSR count). The second-order valence-electron chi connectivity index (χ2n) is 1.78. The van der Waals surface area contributed by atoms with Gasteiger partial charge in [-0.15, -0.1) is 23.3 Å². The maximum absolute atomic E-state index is 4.16. The van der Waals surface area contributed by atoms with Crippen molar-refractivity contribution in [2.24, 2.45) is 0 Å². The average molecular weight is 216 g/mol. The smallest absolute Gasteiger partial charge is 0.0823 e. The molecule has 54 valence electrons. The number of hydrogen-bond acceptors (Lipinski definition) is 5. The van der Waals surface area contributed by atoms with Gasteiger partial charge in [0.2, 0.25) is 0 Å². The van der Waals surface area contributed by atoms with Crippen LogP contribution in [0.3, 0.4) is 0 Å². The summed E-state index contributed by atoms with van der Waals surface area (Å²) in [5.74, 6) is 1.32. The molecule has 0 aromatic carbocycles. The minimum absolute atomic E-state index is 0.579. The summed E-state index contributed by atoms with van der Waals surface area (Å²) in [4.78, 5) is 0. The van der Waals surface area contributed by atoms with Crippen LogP contribution in [0.15, 0.2) is 0 Å². The standard InChI is InChI=1S/C4H8S5/c5-8-4(9-6)3-1-2-7-3/h3-6H,1-2H2. The van der Waals surface area contributed by atoms with Crippen LogP contribution in [0, 0.1) is 0 Å². The molecule has 1 aliphatic rings. The molecule has 0 aromatic heterocycles. The number of rotatable bonds is 3. The van der Waals surface area contributed by atoms with Gasteiger partial charge in [0.1, 0.15) is 0 Å². The molecule has 0 spiro atoms. The maximum atomic E-state index is 4.16. The largest absolute Gasteiger partial charge is 0.156 e. The fraction of sp³-hybridized carbons (Fsp3) is 1.00. The van der Waals surface area contributed by atoms with E-state index in [2.05, 4.69) is 23.3 Å². The summed E-state index contributed by atoms with van der Waals surface area (Å²) < 4.78 is 0.579. The molecule has 1 heterocycles. The first-order valence-electron chi connectivity index (χ1n) is 2.60. The molecular formula is C4H8S5. The molecule has 1 unspecified atom stereocenters. The van der Waals surface area contributed by atoms with Crippen molar-refractivity contribution < 1.29 is 0 Å². The zero-order valence-corrected chi connectivity index (χ0v) is 8.93. The van der Waals surface area contributed by atoms with Crippen molar-refractivity contribution in [3.8, 4) is 0 Å². The van der Waals surface area contributed by atoms with Crippen LogP contribution in [0.5, 0.6) is 0 Å². The van der Waals surface area contributed by atoms with E-state index in [1.54, 1.807) is 21.6 Å². The molecule has 1 saturated heterocycles. The second-order valence-corrected chi connectivity index (χ2v) is 6.12. The molecule has 1 fully saturated rings. The van der Waals surface area contributed by atoms with Gasteiger partial charge in [0, 0.05) is 5.25 Å². The minimum Gasteiger partial charge on any atom is -0.156 e. The highest BCUT2D eigenvalue weighted by Gasteiger charge is 2.27. The highest BCUT2D eigenvalue weighted by Crippen LogP contribution is 2.43. The van der Waals surface area contributed by atoms with Crippen LogP contribution < -0.4 is 0 Å². The monoisotopic (exact) mass is 216 g/mol. The molecule has 0 saturated carbocycles. The van der Waals surface area contributed by atoms with Crippen molar-refractivity contribution in [1.82, 2.24) is 0 Å². The Morgan fingerprint density at radius 3 is 2.11 bits per heavy atom. The van der Waals surface area contributed by atoms with Crippen molar-refractivity contribution in [1.29, 1.82) is 0 Å². The Balaban J connectivity index is 2.19. The van der Waals surface area contributed by atoms with Crippen molar-refractivity contribution in [3.63, 3.8) is 0 Å². The van der Waals surface area contributed by atoms with Crippen LogP contribution >= 0.6 is 56.7 Å². The lowest BCUT2D eigenvalue weighted by molar-refractivity contribution is 0.851. The van der Waals surface area contributed by atoms with Crippen molar-refractivity contribution in [2.75, 3.05) is 5.75 Å². The van der Waals surface area contributed by atoms with Crippen LogP contribution in [0.4, 0.5) is 0 Å². The van der Waals surface area contributed by atoms with Gasteiger partial charge >= 0.3 is 0 Å². The molecule has 1 aliphatic heterocycles. The summed E-state index contributed by atoms with van der Waals surface area (Å²) in [6, 6.07) is 0. The lowest BCUT2D eigenvalue weighted by Gasteiger charge is -2.29. The lowest BCUT2D eigenvalue weighted by Crippen LogP contribution is -2.24. The summed E-state index contributed by atoms with van der Waals surface area (Å²) >= 11 is 10.3. The number of hydrogen-bond donors (Lipinski definition) is 2. The molecule has 0 nitrogen and oxygen atoms in total. The molecule has 0 radical (unpaired) electrons. The van der Waals surface area contributed by atoms with Gasteiger partial charge in [-0.1, -0.05) is 21.6 Å². The number of thiol groups is 2. The summed E-state index contributed by atoms with van der Waals surface area (Å²) in [6.07, 6.45) is 1.34. The third kappa shape index (κ3) is 2.36. The normalized spacial score (nSPS) is 26.3. The Bertz CT molecular complexity index is 77.0. The highest BCUT2D eigenvalue weighted by atomic mass is 33.1. The Hall–Kier alpha value is 1.75. The van der Waals surface area contributed by atoms with E-state index in [1.807, 2.05) is 11.8 Å². The maximum Gasteiger partial charge on any atom is 0.0823 e. The van der Waals surface area contributed by atoms with Crippen LogP contribution in [0.1, 0.15) is 6.42 Å². The summed E-state index contributed by atoms with van der Waals surface area (Å²) in [7, 11) is 3.23. The van der Waals surface area contributed by atoms with Gasteiger partial charge in [0.25, 0.3) is 0 Å². The topological polar surface area (TPSA) is 0 Å². The van der Waals surface area contributed by atoms with Gasteiger partial charge in [0.15, 0.2) is 0 Å². The van der Waals surface area contributed by atoms with E-state index in [-0.39, 0.29) is 0 Å². The Morgan fingerprint density at radius 2 is 2.00 bits per heavy atom. The summed E-state index contributed by atoms with van der Waals surface area (Å²) in [5, 5.41) is 0.801. The predicted octanol–water partition coefficient (Wildman–Crippen LogP) is 2.97. The molecule has 0 aromatic rings. The molecule has 1 atom stereocenters. The van der Waals surface area contributed by atoms with Gasteiger partial charge in [-0.25, -0.2) is 0 Å². The summed E-state index contributed by atoms with van der Waals surface area (Å²) in [6.45, 7) is 0. The molecule has 0 N–H and O–H groups in total. The van der Waals surface area contributed by atoms with E-state index in [9.17, 15) is 0 Å². The van der Waals surface area contributed by atoms with Gasteiger partial charge < -0.3 is 0 Å².